The number of benzene rings is 1. The first-order chi connectivity index (χ1) is 11.8. The van der Waals surface area contributed by atoms with Gasteiger partial charge < -0.3 is 19.9 Å². The SMILES string of the molecule is COc1cc(C)c(C(=O)NC(C)c2nc(C)c(C(=O)O)s2)cc1OC. The lowest BCUT2D eigenvalue weighted by atomic mass is 10.1. The number of carbonyl (C=O) groups excluding carboxylic acids is 1. The van der Waals surface area contributed by atoms with Crippen LogP contribution in [0.4, 0.5) is 0 Å². The first-order valence-corrected chi connectivity index (χ1v) is 8.34. The molecular formula is C17H20N2O5S. The van der Waals surface area contributed by atoms with Crippen molar-refractivity contribution in [3.05, 3.63) is 38.8 Å². The van der Waals surface area contributed by atoms with Crippen LogP contribution in [0.3, 0.4) is 0 Å². The van der Waals surface area contributed by atoms with Crippen molar-refractivity contribution >= 4 is 23.2 Å². The standard InChI is InChI=1S/C17H20N2O5S/c1-8-6-12(23-4)13(24-5)7-11(8)15(20)18-10(3)16-19-9(2)14(25-16)17(21)22/h6-7,10H,1-5H3,(H,18,20)(H,21,22). The summed E-state index contributed by atoms with van der Waals surface area (Å²) in [6, 6.07) is 2.93. The molecule has 0 saturated heterocycles. The zero-order valence-corrected chi connectivity index (χ0v) is 15.5. The van der Waals surface area contributed by atoms with Gasteiger partial charge in [-0.05, 0) is 38.5 Å². The van der Waals surface area contributed by atoms with Crippen LogP contribution in [0.15, 0.2) is 12.1 Å². The molecule has 134 valence electrons. The summed E-state index contributed by atoms with van der Waals surface area (Å²) in [4.78, 5) is 28.1. The molecule has 1 unspecified atom stereocenters. The van der Waals surface area contributed by atoms with Gasteiger partial charge >= 0.3 is 5.97 Å². The quantitative estimate of drug-likeness (QED) is 0.818. The van der Waals surface area contributed by atoms with E-state index in [4.69, 9.17) is 14.6 Å². The first kappa shape index (κ1) is 18.7. The van der Waals surface area contributed by atoms with Crippen molar-refractivity contribution in [3.63, 3.8) is 0 Å². The molecule has 0 aliphatic carbocycles. The van der Waals surface area contributed by atoms with Crippen molar-refractivity contribution < 1.29 is 24.2 Å². The smallest absolute Gasteiger partial charge is 0.347 e. The third-order valence-electron chi connectivity index (χ3n) is 3.70. The predicted molar refractivity (Wildman–Crippen MR) is 94.0 cm³/mol. The van der Waals surface area contributed by atoms with Crippen LogP contribution < -0.4 is 14.8 Å². The molecule has 0 aliphatic heterocycles. The van der Waals surface area contributed by atoms with E-state index in [0.29, 0.717) is 27.8 Å². The molecule has 0 aliphatic rings. The molecule has 1 aromatic carbocycles. The molecule has 0 fully saturated rings. The Hall–Kier alpha value is -2.61. The van der Waals surface area contributed by atoms with E-state index in [-0.39, 0.29) is 10.8 Å². The number of hydrogen-bond acceptors (Lipinski definition) is 6. The van der Waals surface area contributed by atoms with Gasteiger partial charge in [-0.1, -0.05) is 0 Å². The number of ether oxygens (including phenoxy) is 2. The molecule has 0 bridgehead atoms. The summed E-state index contributed by atoms with van der Waals surface area (Å²) < 4.78 is 10.5. The summed E-state index contributed by atoms with van der Waals surface area (Å²) >= 11 is 1.06. The Balaban J connectivity index is 2.24. The van der Waals surface area contributed by atoms with Crippen LogP contribution in [-0.2, 0) is 0 Å². The maximum Gasteiger partial charge on any atom is 0.347 e. The van der Waals surface area contributed by atoms with Gasteiger partial charge in [0.05, 0.1) is 26.0 Å². The zero-order valence-electron chi connectivity index (χ0n) is 14.7. The molecule has 0 spiro atoms. The van der Waals surface area contributed by atoms with Gasteiger partial charge in [0.1, 0.15) is 9.88 Å². The summed E-state index contributed by atoms with van der Waals surface area (Å²) in [6.07, 6.45) is 0. The van der Waals surface area contributed by atoms with E-state index < -0.39 is 12.0 Å². The van der Waals surface area contributed by atoms with E-state index in [0.717, 1.165) is 16.9 Å². The van der Waals surface area contributed by atoms with Gasteiger partial charge in [0.2, 0.25) is 0 Å². The second-order valence-electron chi connectivity index (χ2n) is 5.49. The fourth-order valence-electron chi connectivity index (χ4n) is 2.36. The highest BCUT2D eigenvalue weighted by Gasteiger charge is 2.21. The predicted octanol–water partition coefficient (Wildman–Crippen LogP) is 2.97. The van der Waals surface area contributed by atoms with Crippen LogP contribution in [0.5, 0.6) is 11.5 Å². The van der Waals surface area contributed by atoms with Crippen LogP contribution in [0.1, 0.15) is 49.3 Å². The number of aromatic nitrogens is 1. The Morgan fingerprint density at radius 1 is 1.20 bits per heavy atom. The summed E-state index contributed by atoms with van der Waals surface area (Å²) in [5.41, 5.74) is 1.64. The highest BCUT2D eigenvalue weighted by molar-refractivity contribution is 7.13. The van der Waals surface area contributed by atoms with Crippen LogP contribution in [0, 0.1) is 13.8 Å². The average Bonchev–Trinajstić information content (AvgIpc) is 2.96. The van der Waals surface area contributed by atoms with Gasteiger partial charge in [-0.2, -0.15) is 0 Å². The number of aryl methyl sites for hydroxylation is 2. The van der Waals surface area contributed by atoms with Crippen molar-refractivity contribution in [2.45, 2.75) is 26.8 Å². The molecule has 2 N–H and O–H groups in total. The molecule has 2 aromatic rings. The summed E-state index contributed by atoms with van der Waals surface area (Å²) in [5.74, 6) is -0.304. The van der Waals surface area contributed by atoms with Gasteiger partial charge in [0.25, 0.3) is 5.91 Å². The largest absolute Gasteiger partial charge is 0.493 e. The van der Waals surface area contributed by atoms with Crippen LogP contribution in [0.25, 0.3) is 0 Å². The van der Waals surface area contributed by atoms with E-state index in [1.54, 1.807) is 32.9 Å². The van der Waals surface area contributed by atoms with E-state index in [1.807, 2.05) is 0 Å². The lowest BCUT2D eigenvalue weighted by molar-refractivity contribution is 0.0701. The number of hydrogen-bond donors (Lipinski definition) is 2. The topological polar surface area (TPSA) is 97.8 Å². The monoisotopic (exact) mass is 364 g/mol. The molecule has 25 heavy (non-hydrogen) atoms. The van der Waals surface area contributed by atoms with E-state index >= 15 is 0 Å². The van der Waals surface area contributed by atoms with E-state index in [2.05, 4.69) is 10.3 Å². The molecule has 1 atom stereocenters. The maximum atomic E-state index is 12.6. The summed E-state index contributed by atoms with van der Waals surface area (Å²) in [5, 5.41) is 12.5. The Morgan fingerprint density at radius 3 is 2.32 bits per heavy atom. The van der Waals surface area contributed by atoms with Gasteiger partial charge in [-0.25, -0.2) is 9.78 Å². The van der Waals surface area contributed by atoms with Gasteiger partial charge in [0, 0.05) is 5.56 Å². The number of methoxy groups -OCH3 is 2. The lowest BCUT2D eigenvalue weighted by Gasteiger charge is -2.15. The normalized spacial score (nSPS) is 11.7. The second kappa shape index (κ2) is 7.52. The van der Waals surface area contributed by atoms with Crippen LogP contribution >= 0.6 is 11.3 Å². The highest BCUT2D eigenvalue weighted by Crippen LogP contribution is 2.31. The molecule has 8 heteroatoms. The Kier molecular flexibility index (Phi) is 5.63. The number of carboxylic acid groups (broad SMARTS) is 1. The fourth-order valence-corrected chi connectivity index (χ4v) is 3.27. The van der Waals surface area contributed by atoms with E-state index in [9.17, 15) is 9.59 Å². The zero-order chi connectivity index (χ0) is 18.7. The van der Waals surface area contributed by atoms with Crippen molar-refractivity contribution in [2.24, 2.45) is 0 Å². The molecular weight excluding hydrogens is 344 g/mol. The second-order valence-corrected chi connectivity index (χ2v) is 6.52. The van der Waals surface area contributed by atoms with Crippen molar-refractivity contribution in [2.75, 3.05) is 14.2 Å². The Bertz CT molecular complexity index is 816. The lowest BCUT2D eigenvalue weighted by Crippen LogP contribution is -2.27. The highest BCUT2D eigenvalue weighted by atomic mass is 32.1. The molecule has 0 saturated carbocycles. The Morgan fingerprint density at radius 2 is 1.80 bits per heavy atom. The minimum atomic E-state index is -1.02. The maximum absolute atomic E-state index is 12.6. The van der Waals surface area contributed by atoms with Crippen LogP contribution in [-0.4, -0.2) is 36.2 Å². The number of carboxylic acids is 1. The molecule has 1 aromatic heterocycles. The van der Waals surface area contributed by atoms with Gasteiger partial charge in [-0.3, -0.25) is 4.79 Å². The minimum absolute atomic E-state index is 0.179. The van der Waals surface area contributed by atoms with Crippen molar-refractivity contribution in [3.8, 4) is 11.5 Å². The van der Waals surface area contributed by atoms with Crippen LogP contribution in [0.2, 0.25) is 0 Å². The number of aromatic carboxylic acids is 1. The molecule has 7 nitrogen and oxygen atoms in total. The van der Waals surface area contributed by atoms with Gasteiger partial charge in [0.15, 0.2) is 11.5 Å². The van der Waals surface area contributed by atoms with Gasteiger partial charge in [-0.15, -0.1) is 11.3 Å². The number of amides is 1. The molecule has 1 amide bonds. The third kappa shape index (κ3) is 3.90. The number of nitrogens with zero attached hydrogens (tertiary/aromatic N) is 1. The van der Waals surface area contributed by atoms with E-state index in [1.165, 1.54) is 14.2 Å². The van der Waals surface area contributed by atoms with Crippen molar-refractivity contribution in [1.29, 1.82) is 0 Å². The molecule has 2 rings (SSSR count). The third-order valence-corrected chi connectivity index (χ3v) is 5.03. The summed E-state index contributed by atoms with van der Waals surface area (Å²) in [6.45, 7) is 5.20. The number of rotatable bonds is 6. The van der Waals surface area contributed by atoms with Crippen molar-refractivity contribution in [1.82, 2.24) is 10.3 Å². The number of thiazole rings is 1. The minimum Gasteiger partial charge on any atom is -0.493 e. The Labute approximate surface area is 149 Å². The number of nitrogens with one attached hydrogen (secondary N) is 1. The summed E-state index contributed by atoms with van der Waals surface area (Å²) in [7, 11) is 3.03. The average molecular weight is 364 g/mol. The first-order valence-electron chi connectivity index (χ1n) is 7.52. The fraction of sp³-hybridized carbons (Fsp3) is 0.353. The number of carbonyl (C=O) groups is 2. The molecule has 0 radical (unpaired) electrons. The molecule has 1 heterocycles.